The SMILES string of the molecule is CC(C)c1cccc(C(C)C)c1NC(=O)CN1C(=O)NC(C(C)C)C1=O. The molecule has 142 valence electrons. The van der Waals surface area contributed by atoms with Crippen molar-refractivity contribution < 1.29 is 14.4 Å². The van der Waals surface area contributed by atoms with E-state index in [9.17, 15) is 14.4 Å². The summed E-state index contributed by atoms with van der Waals surface area (Å²) in [5.41, 5.74) is 2.87. The van der Waals surface area contributed by atoms with Crippen LogP contribution in [0, 0.1) is 5.92 Å². The summed E-state index contributed by atoms with van der Waals surface area (Å²) in [5, 5.41) is 5.58. The molecule has 0 aromatic heterocycles. The molecule has 2 N–H and O–H groups in total. The number of carbonyl (C=O) groups excluding carboxylic acids is 3. The van der Waals surface area contributed by atoms with E-state index >= 15 is 0 Å². The van der Waals surface area contributed by atoms with Gasteiger partial charge in [-0.15, -0.1) is 0 Å². The van der Waals surface area contributed by atoms with Gasteiger partial charge in [0.2, 0.25) is 5.91 Å². The number of imide groups is 1. The monoisotopic (exact) mass is 359 g/mol. The number of anilines is 1. The summed E-state index contributed by atoms with van der Waals surface area (Å²) in [6.45, 7) is 11.7. The van der Waals surface area contributed by atoms with Crippen molar-refractivity contribution in [2.75, 3.05) is 11.9 Å². The molecule has 1 aliphatic heterocycles. The number of para-hydroxylation sites is 1. The maximum absolute atomic E-state index is 12.6. The number of rotatable bonds is 6. The van der Waals surface area contributed by atoms with Gasteiger partial charge in [0, 0.05) is 5.69 Å². The second-order valence-electron chi connectivity index (χ2n) is 7.76. The fourth-order valence-corrected chi connectivity index (χ4v) is 3.16. The van der Waals surface area contributed by atoms with Gasteiger partial charge in [-0.05, 0) is 28.9 Å². The standard InChI is InChI=1S/C20H29N3O3/c1-11(2)14-8-7-9-15(12(3)4)18(14)21-16(24)10-23-19(25)17(13(5)6)22-20(23)26/h7-9,11-13,17H,10H2,1-6H3,(H,21,24)(H,22,26). The zero-order valence-electron chi connectivity index (χ0n) is 16.4. The molecule has 1 heterocycles. The molecule has 6 nitrogen and oxygen atoms in total. The van der Waals surface area contributed by atoms with Crippen molar-refractivity contribution in [3.63, 3.8) is 0 Å². The number of hydrogen-bond donors (Lipinski definition) is 2. The lowest BCUT2D eigenvalue weighted by Crippen LogP contribution is -2.39. The lowest BCUT2D eigenvalue weighted by molar-refractivity contribution is -0.131. The van der Waals surface area contributed by atoms with Crippen LogP contribution in [0.4, 0.5) is 10.5 Å². The molecule has 26 heavy (non-hydrogen) atoms. The van der Waals surface area contributed by atoms with E-state index in [0.29, 0.717) is 0 Å². The average Bonchev–Trinajstić information content (AvgIpc) is 2.82. The Hall–Kier alpha value is -2.37. The second-order valence-corrected chi connectivity index (χ2v) is 7.76. The average molecular weight is 359 g/mol. The van der Waals surface area contributed by atoms with E-state index in [1.54, 1.807) is 0 Å². The highest BCUT2D eigenvalue weighted by atomic mass is 16.2. The molecule has 0 bridgehead atoms. The van der Waals surface area contributed by atoms with Crippen LogP contribution in [0.25, 0.3) is 0 Å². The molecule has 1 fully saturated rings. The van der Waals surface area contributed by atoms with Gasteiger partial charge in [0.25, 0.3) is 5.91 Å². The minimum atomic E-state index is -0.565. The predicted octanol–water partition coefficient (Wildman–Crippen LogP) is 3.45. The highest BCUT2D eigenvalue weighted by molar-refractivity contribution is 6.08. The molecule has 0 radical (unpaired) electrons. The first-order chi connectivity index (χ1) is 12.1. The molecule has 1 atom stereocenters. The first-order valence-corrected chi connectivity index (χ1v) is 9.18. The largest absolute Gasteiger partial charge is 0.326 e. The van der Waals surface area contributed by atoms with Gasteiger partial charge in [0.05, 0.1) is 0 Å². The van der Waals surface area contributed by atoms with E-state index < -0.39 is 12.1 Å². The van der Waals surface area contributed by atoms with Crippen molar-refractivity contribution in [1.29, 1.82) is 0 Å². The normalized spacial score (nSPS) is 17.4. The van der Waals surface area contributed by atoms with Crippen molar-refractivity contribution in [3.8, 4) is 0 Å². The van der Waals surface area contributed by atoms with E-state index in [1.807, 2.05) is 32.0 Å². The van der Waals surface area contributed by atoms with Crippen molar-refractivity contribution in [1.82, 2.24) is 10.2 Å². The van der Waals surface area contributed by atoms with Crippen LogP contribution in [-0.2, 0) is 9.59 Å². The van der Waals surface area contributed by atoms with Gasteiger partial charge < -0.3 is 10.6 Å². The van der Waals surface area contributed by atoms with Crippen molar-refractivity contribution in [2.24, 2.45) is 5.92 Å². The van der Waals surface area contributed by atoms with Gasteiger partial charge >= 0.3 is 6.03 Å². The Morgan fingerprint density at radius 3 is 2.04 bits per heavy atom. The number of benzene rings is 1. The van der Waals surface area contributed by atoms with Crippen molar-refractivity contribution in [2.45, 2.75) is 59.4 Å². The van der Waals surface area contributed by atoms with Crippen LogP contribution in [0.15, 0.2) is 18.2 Å². The van der Waals surface area contributed by atoms with E-state index in [2.05, 4.69) is 38.3 Å². The summed E-state index contributed by atoms with van der Waals surface area (Å²) >= 11 is 0. The molecule has 0 saturated carbocycles. The number of nitrogens with zero attached hydrogens (tertiary/aromatic N) is 1. The number of amides is 4. The molecule has 0 aliphatic carbocycles. The molecule has 1 aliphatic rings. The Bertz CT molecular complexity index is 684. The van der Waals surface area contributed by atoms with Crippen LogP contribution in [-0.4, -0.2) is 35.3 Å². The molecular weight excluding hydrogens is 330 g/mol. The molecule has 1 aromatic carbocycles. The highest BCUT2D eigenvalue weighted by Gasteiger charge is 2.40. The van der Waals surface area contributed by atoms with Gasteiger partial charge in [0.15, 0.2) is 0 Å². The van der Waals surface area contributed by atoms with E-state index in [1.165, 1.54) is 0 Å². The maximum Gasteiger partial charge on any atom is 0.325 e. The summed E-state index contributed by atoms with van der Waals surface area (Å²) in [6.07, 6.45) is 0. The summed E-state index contributed by atoms with van der Waals surface area (Å²) in [7, 11) is 0. The van der Waals surface area contributed by atoms with Gasteiger partial charge in [0.1, 0.15) is 12.6 Å². The smallest absolute Gasteiger partial charge is 0.325 e. The summed E-state index contributed by atoms with van der Waals surface area (Å²) in [4.78, 5) is 38.0. The zero-order chi connectivity index (χ0) is 19.6. The minimum absolute atomic E-state index is 0.0197. The number of nitrogens with one attached hydrogen (secondary N) is 2. The molecule has 1 aromatic rings. The fourth-order valence-electron chi connectivity index (χ4n) is 3.16. The Morgan fingerprint density at radius 1 is 1.08 bits per heavy atom. The Kier molecular flexibility index (Phi) is 6.05. The fraction of sp³-hybridized carbons (Fsp3) is 0.550. The van der Waals surface area contributed by atoms with Gasteiger partial charge in [-0.25, -0.2) is 4.79 Å². The van der Waals surface area contributed by atoms with Gasteiger partial charge in [-0.1, -0.05) is 59.7 Å². The third-order valence-corrected chi connectivity index (χ3v) is 4.66. The second kappa shape index (κ2) is 7.89. The van der Waals surface area contributed by atoms with Crippen LogP contribution in [0.1, 0.15) is 64.5 Å². The van der Waals surface area contributed by atoms with Crippen LogP contribution < -0.4 is 10.6 Å². The molecule has 1 unspecified atom stereocenters. The van der Waals surface area contributed by atoms with Crippen LogP contribution in [0.3, 0.4) is 0 Å². The number of carbonyl (C=O) groups is 3. The van der Waals surface area contributed by atoms with Crippen LogP contribution in [0.2, 0.25) is 0 Å². The minimum Gasteiger partial charge on any atom is -0.326 e. The van der Waals surface area contributed by atoms with Crippen molar-refractivity contribution in [3.05, 3.63) is 29.3 Å². The lowest BCUT2D eigenvalue weighted by Gasteiger charge is -2.21. The molecular formula is C20H29N3O3. The molecule has 0 spiro atoms. The lowest BCUT2D eigenvalue weighted by atomic mass is 9.92. The van der Waals surface area contributed by atoms with Crippen LogP contribution in [0.5, 0.6) is 0 Å². The van der Waals surface area contributed by atoms with Gasteiger partial charge in [-0.2, -0.15) is 0 Å². The highest BCUT2D eigenvalue weighted by Crippen LogP contribution is 2.32. The molecule has 2 rings (SSSR count). The first-order valence-electron chi connectivity index (χ1n) is 9.18. The number of urea groups is 1. The molecule has 6 heteroatoms. The summed E-state index contributed by atoms with van der Waals surface area (Å²) in [6, 6.07) is 4.91. The van der Waals surface area contributed by atoms with Gasteiger partial charge in [-0.3, -0.25) is 14.5 Å². The maximum atomic E-state index is 12.6. The Balaban J connectivity index is 2.21. The predicted molar refractivity (Wildman–Crippen MR) is 102 cm³/mol. The zero-order valence-corrected chi connectivity index (χ0v) is 16.4. The van der Waals surface area contributed by atoms with E-state index in [4.69, 9.17) is 0 Å². The first kappa shape index (κ1) is 19.9. The Labute approximate surface area is 155 Å². The third-order valence-electron chi connectivity index (χ3n) is 4.66. The summed E-state index contributed by atoms with van der Waals surface area (Å²) in [5.74, 6) is -0.250. The van der Waals surface area contributed by atoms with E-state index in [0.717, 1.165) is 21.7 Å². The third kappa shape index (κ3) is 4.06. The van der Waals surface area contributed by atoms with Crippen LogP contribution >= 0.6 is 0 Å². The van der Waals surface area contributed by atoms with Crippen molar-refractivity contribution >= 4 is 23.5 Å². The molecule has 4 amide bonds. The summed E-state index contributed by atoms with van der Waals surface area (Å²) < 4.78 is 0. The Morgan fingerprint density at radius 2 is 1.62 bits per heavy atom. The molecule has 1 saturated heterocycles. The topological polar surface area (TPSA) is 78.5 Å². The van der Waals surface area contributed by atoms with E-state index in [-0.39, 0.29) is 36.1 Å². The quantitative estimate of drug-likeness (QED) is 0.764. The number of hydrogen-bond acceptors (Lipinski definition) is 3.